The van der Waals surface area contributed by atoms with Crippen molar-refractivity contribution in [1.82, 2.24) is 0 Å². The van der Waals surface area contributed by atoms with E-state index < -0.39 is 6.10 Å². The van der Waals surface area contributed by atoms with E-state index in [-0.39, 0.29) is 0 Å². The maximum atomic E-state index is 9.48. The predicted molar refractivity (Wildman–Crippen MR) is 77.8 cm³/mol. The maximum absolute atomic E-state index is 9.48. The molecule has 0 amide bonds. The molecule has 0 saturated carbocycles. The van der Waals surface area contributed by atoms with Gasteiger partial charge in [0.1, 0.15) is 11.5 Å². The van der Waals surface area contributed by atoms with Crippen molar-refractivity contribution in [2.45, 2.75) is 33.8 Å². The smallest absolute Gasteiger partial charge is 0.130 e. The Bertz CT molecular complexity index is 569. The zero-order valence-electron chi connectivity index (χ0n) is 11.9. The Hall–Kier alpha value is -1.80. The number of aryl methyl sites for hydroxylation is 2. The van der Waals surface area contributed by atoms with Gasteiger partial charge in [-0.1, -0.05) is 18.2 Å². The van der Waals surface area contributed by atoms with Crippen LogP contribution in [0.2, 0.25) is 0 Å². The SMILES string of the molecule is Cc1cc(C)c(C)c(Oc2ccc([C@@H](C)O)cc2)c1. The highest BCUT2D eigenvalue weighted by atomic mass is 16.5. The first-order valence-corrected chi connectivity index (χ1v) is 6.51. The van der Waals surface area contributed by atoms with E-state index in [1.165, 1.54) is 11.1 Å². The Morgan fingerprint density at radius 1 is 1.00 bits per heavy atom. The third-order valence-electron chi connectivity index (χ3n) is 3.35. The topological polar surface area (TPSA) is 29.5 Å². The van der Waals surface area contributed by atoms with Crippen LogP contribution in [0.25, 0.3) is 0 Å². The van der Waals surface area contributed by atoms with E-state index >= 15 is 0 Å². The molecular formula is C17H20O2. The summed E-state index contributed by atoms with van der Waals surface area (Å²) in [6, 6.07) is 11.7. The van der Waals surface area contributed by atoms with Gasteiger partial charge in [0.25, 0.3) is 0 Å². The average molecular weight is 256 g/mol. The summed E-state index contributed by atoms with van der Waals surface area (Å²) in [5, 5.41) is 9.48. The van der Waals surface area contributed by atoms with E-state index in [9.17, 15) is 5.11 Å². The molecule has 19 heavy (non-hydrogen) atoms. The Morgan fingerprint density at radius 3 is 2.21 bits per heavy atom. The number of hydrogen-bond acceptors (Lipinski definition) is 2. The first kappa shape index (κ1) is 13.6. The molecule has 0 fully saturated rings. The summed E-state index contributed by atoms with van der Waals surface area (Å²) in [6.07, 6.45) is -0.447. The van der Waals surface area contributed by atoms with Gasteiger partial charge in [-0.25, -0.2) is 0 Å². The quantitative estimate of drug-likeness (QED) is 0.878. The number of benzene rings is 2. The Kier molecular flexibility index (Phi) is 3.91. The van der Waals surface area contributed by atoms with Gasteiger partial charge >= 0.3 is 0 Å². The minimum Gasteiger partial charge on any atom is -0.457 e. The van der Waals surface area contributed by atoms with Crippen LogP contribution in [-0.4, -0.2) is 5.11 Å². The van der Waals surface area contributed by atoms with Crippen molar-refractivity contribution in [3.8, 4) is 11.5 Å². The lowest BCUT2D eigenvalue weighted by molar-refractivity contribution is 0.199. The van der Waals surface area contributed by atoms with Crippen LogP contribution < -0.4 is 4.74 Å². The molecule has 0 aliphatic heterocycles. The molecule has 0 aromatic heterocycles. The molecule has 0 bridgehead atoms. The molecule has 0 spiro atoms. The number of hydrogen-bond donors (Lipinski definition) is 1. The van der Waals surface area contributed by atoms with Gasteiger partial charge < -0.3 is 9.84 Å². The summed E-state index contributed by atoms with van der Waals surface area (Å²) in [6.45, 7) is 7.97. The van der Waals surface area contributed by atoms with E-state index in [2.05, 4.69) is 26.8 Å². The van der Waals surface area contributed by atoms with E-state index in [1.807, 2.05) is 30.3 Å². The highest BCUT2D eigenvalue weighted by Crippen LogP contribution is 2.29. The minimum atomic E-state index is -0.447. The molecule has 0 saturated heterocycles. The fourth-order valence-electron chi connectivity index (χ4n) is 2.05. The van der Waals surface area contributed by atoms with Crippen LogP contribution in [0.3, 0.4) is 0 Å². The zero-order valence-corrected chi connectivity index (χ0v) is 11.9. The molecule has 1 N–H and O–H groups in total. The maximum Gasteiger partial charge on any atom is 0.130 e. The summed E-state index contributed by atoms with van der Waals surface area (Å²) < 4.78 is 5.92. The second-order valence-corrected chi connectivity index (χ2v) is 5.05. The van der Waals surface area contributed by atoms with Crippen molar-refractivity contribution >= 4 is 0 Å². The van der Waals surface area contributed by atoms with Crippen LogP contribution >= 0.6 is 0 Å². The fraction of sp³-hybridized carbons (Fsp3) is 0.294. The molecular weight excluding hydrogens is 236 g/mol. The minimum absolute atomic E-state index is 0.447. The highest BCUT2D eigenvalue weighted by Gasteiger charge is 2.06. The van der Waals surface area contributed by atoms with Gasteiger partial charge in [-0.15, -0.1) is 0 Å². The van der Waals surface area contributed by atoms with Crippen molar-refractivity contribution in [2.75, 3.05) is 0 Å². The van der Waals surface area contributed by atoms with Gasteiger partial charge in [0.2, 0.25) is 0 Å². The summed E-state index contributed by atoms with van der Waals surface area (Å²) in [5.41, 5.74) is 4.48. The Balaban J connectivity index is 2.26. The molecule has 2 aromatic rings. The largest absolute Gasteiger partial charge is 0.457 e. The van der Waals surface area contributed by atoms with Gasteiger partial charge in [0, 0.05) is 0 Å². The monoisotopic (exact) mass is 256 g/mol. The first-order chi connectivity index (χ1) is 8.97. The number of aliphatic hydroxyl groups is 1. The molecule has 100 valence electrons. The number of rotatable bonds is 3. The third-order valence-corrected chi connectivity index (χ3v) is 3.35. The first-order valence-electron chi connectivity index (χ1n) is 6.51. The predicted octanol–water partition coefficient (Wildman–Crippen LogP) is 4.46. The van der Waals surface area contributed by atoms with Crippen LogP contribution in [0.5, 0.6) is 11.5 Å². The van der Waals surface area contributed by atoms with Crippen LogP contribution in [0, 0.1) is 20.8 Å². The normalized spacial score (nSPS) is 12.3. The van der Waals surface area contributed by atoms with Crippen LogP contribution in [0.4, 0.5) is 0 Å². The van der Waals surface area contributed by atoms with Crippen LogP contribution in [0.1, 0.15) is 35.3 Å². The molecule has 2 nitrogen and oxygen atoms in total. The molecule has 0 unspecified atom stereocenters. The molecule has 2 heteroatoms. The standard InChI is InChI=1S/C17H20O2/c1-11-9-12(2)13(3)17(10-11)19-16-7-5-15(6-8-16)14(4)18/h5-10,14,18H,1-4H3/t14-/m1/s1. The van der Waals surface area contributed by atoms with Crippen molar-refractivity contribution < 1.29 is 9.84 Å². The molecule has 0 aliphatic carbocycles. The summed E-state index contributed by atoms with van der Waals surface area (Å²) >= 11 is 0. The van der Waals surface area contributed by atoms with Crippen LogP contribution in [-0.2, 0) is 0 Å². The van der Waals surface area contributed by atoms with Gasteiger partial charge in [-0.3, -0.25) is 0 Å². The second kappa shape index (κ2) is 5.45. The highest BCUT2D eigenvalue weighted by molar-refractivity contribution is 5.44. The van der Waals surface area contributed by atoms with Crippen molar-refractivity contribution in [3.63, 3.8) is 0 Å². The molecule has 0 radical (unpaired) electrons. The Labute approximate surface area is 114 Å². The number of ether oxygens (including phenoxy) is 1. The van der Waals surface area contributed by atoms with Crippen LogP contribution in [0.15, 0.2) is 36.4 Å². The fourth-order valence-corrected chi connectivity index (χ4v) is 2.05. The molecule has 1 atom stereocenters. The molecule has 0 heterocycles. The van der Waals surface area contributed by atoms with E-state index in [0.717, 1.165) is 22.6 Å². The van der Waals surface area contributed by atoms with E-state index in [4.69, 9.17) is 4.74 Å². The lowest BCUT2D eigenvalue weighted by Crippen LogP contribution is -1.93. The van der Waals surface area contributed by atoms with E-state index in [0.29, 0.717) is 0 Å². The van der Waals surface area contributed by atoms with Gasteiger partial charge in [0.15, 0.2) is 0 Å². The summed E-state index contributed by atoms with van der Waals surface area (Å²) in [7, 11) is 0. The molecule has 2 rings (SSSR count). The van der Waals surface area contributed by atoms with Crippen molar-refractivity contribution in [3.05, 3.63) is 58.7 Å². The average Bonchev–Trinajstić information content (AvgIpc) is 2.36. The van der Waals surface area contributed by atoms with Gasteiger partial charge in [-0.05, 0) is 68.1 Å². The zero-order chi connectivity index (χ0) is 14.0. The number of aliphatic hydroxyl groups excluding tert-OH is 1. The third kappa shape index (κ3) is 3.15. The lowest BCUT2D eigenvalue weighted by Gasteiger charge is -2.13. The second-order valence-electron chi connectivity index (χ2n) is 5.05. The van der Waals surface area contributed by atoms with Gasteiger partial charge in [0.05, 0.1) is 6.10 Å². The van der Waals surface area contributed by atoms with Crippen molar-refractivity contribution in [1.29, 1.82) is 0 Å². The molecule has 0 aliphatic rings. The summed E-state index contributed by atoms with van der Waals surface area (Å²) in [4.78, 5) is 0. The van der Waals surface area contributed by atoms with Gasteiger partial charge in [-0.2, -0.15) is 0 Å². The lowest BCUT2D eigenvalue weighted by atomic mass is 10.1. The Morgan fingerprint density at radius 2 is 1.63 bits per heavy atom. The molecule has 2 aromatic carbocycles. The summed E-state index contributed by atoms with van der Waals surface area (Å²) in [5.74, 6) is 1.68. The van der Waals surface area contributed by atoms with Crippen molar-refractivity contribution in [2.24, 2.45) is 0 Å². The van der Waals surface area contributed by atoms with E-state index in [1.54, 1.807) is 6.92 Å².